The highest BCUT2D eigenvalue weighted by molar-refractivity contribution is 4.86. The average molecular weight is 188 g/mol. The number of aliphatic hydroxyl groups excluding tert-OH is 1. The largest absolute Gasteiger partial charge is 0.390 e. The Kier molecular flexibility index (Phi) is 5.57. The molecule has 0 aliphatic rings. The maximum Gasteiger partial charge on any atom is 0.0931 e. The lowest BCUT2D eigenvalue weighted by Gasteiger charge is -2.36. The fourth-order valence-corrected chi connectivity index (χ4v) is 1.81. The first kappa shape index (κ1) is 12.9. The van der Waals surface area contributed by atoms with Crippen molar-refractivity contribution >= 4 is 0 Å². The average Bonchev–Trinajstić information content (AvgIpc) is 2.07. The fourth-order valence-electron chi connectivity index (χ4n) is 1.81. The molecule has 0 radical (unpaired) electrons. The minimum Gasteiger partial charge on any atom is -0.390 e. The SMILES string of the molecule is CCC(CC)(OC)C(O)CC(C)C. The Morgan fingerprint density at radius 3 is 1.92 bits per heavy atom. The van der Waals surface area contributed by atoms with Crippen LogP contribution >= 0.6 is 0 Å². The lowest BCUT2D eigenvalue weighted by Crippen LogP contribution is -2.43. The van der Waals surface area contributed by atoms with Crippen LogP contribution in [0.5, 0.6) is 0 Å². The van der Waals surface area contributed by atoms with Gasteiger partial charge in [-0.25, -0.2) is 0 Å². The van der Waals surface area contributed by atoms with Gasteiger partial charge in [0.05, 0.1) is 11.7 Å². The third-order valence-corrected chi connectivity index (χ3v) is 2.91. The molecule has 2 heteroatoms. The van der Waals surface area contributed by atoms with Crippen LogP contribution in [0, 0.1) is 5.92 Å². The molecule has 0 saturated heterocycles. The summed E-state index contributed by atoms with van der Waals surface area (Å²) in [6.45, 7) is 8.37. The maximum absolute atomic E-state index is 10.0. The van der Waals surface area contributed by atoms with Gasteiger partial charge in [-0.3, -0.25) is 0 Å². The molecule has 0 heterocycles. The highest BCUT2D eigenvalue weighted by atomic mass is 16.5. The maximum atomic E-state index is 10.0. The smallest absolute Gasteiger partial charge is 0.0931 e. The van der Waals surface area contributed by atoms with Crippen molar-refractivity contribution in [2.45, 2.75) is 58.7 Å². The van der Waals surface area contributed by atoms with Gasteiger partial charge in [0.1, 0.15) is 0 Å². The van der Waals surface area contributed by atoms with E-state index in [1.807, 2.05) is 0 Å². The molecule has 80 valence electrons. The van der Waals surface area contributed by atoms with Crippen LogP contribution in [0.3, 0.4) is 0 Å². The van der Waals surface area contributed by atoms with Crippen molar-refractivity contribution in [3.05, 3.63) is 0 Å². The third kappa shape index (κ3) is 3.28. The van der Waals surface area contributed by atoms with Gasteiger partial charge in [-0.05, 0) is 25.2 Å². The van der Waals surface area contributed by atoms with Gasteiger partial charge >= 0.3 is 0 Å². The van der Waals surface area contributed by atoms with Crippen molar-refractivity contribution < 1.29 is 9.84 Å². The van der Waals surface area contributed by atoms with E-state index in [1.165, 1.54) is 0 Å². The molecule has 0 rings (SSSR count). The van der Waals surface area contributed by atoms with Crippen LogP contribution < -0.4 is 0 Å². The van der Waals surface area contributed by atoms with Gasteiger partial charge in [0.15, 0.2) is 0 Å². The van der Waals surface area contributed by atoms with Crippen LogP contribution in [-0.4, -0.2) is 23.9 Å². The van der Waals surface area contributed by atoms with Gasteiger partial charge in [-0.15, -0.1) is 0 Å². The van der Waals surface area contributed by atoms with E-state index in [4.69, 9.17) is 4.74 Å². The summed E-state index contributed by atoms with van der Waals surface area (Å²) < 4.78 is 5.45. The Hall–Kier alpha value is -0.0800. The van der Waals surface area contributed by atoms with Crippen molar-refractivity contribution in [2.24, 2.45) is 5.92 Å². The Morgan fingerprint density at radius 1 is 1.23 bits per heavy atom. The minimum atomic E-state index is -0.340. The fraction of sp³-hybridized carbons (Fsp3) is 1.00. The van der Waals surface area contributed by atoms with Crippen molar-refractivity contribution in [1.82, 2.24) is 0 Å². The van der Waals surface area contributed by atoms with Crippen LogP contribution in [0.4, 0.5) is 0 Å². The zero-order chi connectivity index (χ0) is 10.5. The first-order valence-corrected chi connectivity index (χ1v) is 5.25. The second kappa shape index (κ2) is 5.61. The van der Waals surface area contributed by atoms with E-state index in [-0.39, 0.29) is 11.7 Å². The number of hydrogen-bond donors (Lipinski definition) is 1. The van der Waals surface area contributed by atoms with Crippen LogP contribution in [0.2, 0.25) is 0 Å². The third-order valence-electron chi connectivity index (χ3n) is 2.91. The van der Waals surface area contributed by atoms with Crippen molar-refractivity contribution in [3.63, 3.8) is 0 Å². The Bertz CT molecular complexity index is 120. The number of rotatable bonds is 6. The van der Waals surface area contributed by atoms with Gasteiger partial charge in [0, 0.05) is 7.11 Å². The predicted molar refractivity (Wildman–Crippen MR) is 55.8 cm³/mol. The Labute approximate surface area is 82.3 Å². The zero-order valence-electron chi connectivity index (χ0n) is 9.63. The predicted octanol–water partition coefficient (Wildman–Crippen LogP) is 2.60. The topological polar surface area (TPSA) is 29.5 Å². The molecule has 0 amide bonds. The van der Waals surface area contributed by atoms with Crippen LogP contribution in [0.25, 0.3) is 0 Å². The van der Waals surface area contributed by atoms with E-state index in [2.05, 4.69) is 27.7 Å². The number of ether oxygens (including phenoxy) is 1. The second-order valence-electron chi connectivity index (χ2n) is 4.12. The van der Waals surface area contributed by atoms with E-state index in [9.17, 15) is 5.11 Å². The summed E-state index contributed by atoms with van der Waals surface area (Å²) in [7, 11) is 1.69. The van der Waals surface area contributed by atoms with E-state index in [0.29, 0.717) is 5.92 Å². The normalized spacial score (nSPS) is 15.0. The monoisotopic (exact) mass is 188 g/mol. The number of aliphatic hydroxyl groups is 1. The zero-order valence-corrected chi connectivity index (χ0v) is 9.63. The summed E-state index contributed by atoms with van der Waals surface area (Å²) in [6.07, 6.45) is 2.21. The van der Waals surface area contributed by atoms with Crippen LogP contribution in [0.15, 0.2) is 0 Å². The van der Waals surface area contributed by atoms with Gasteiger partial charge in [0.25, 0.3) is 0 Å². The van der Waals surface area contributed by atoms with Gasteiger partial charge in [0.2, 0.25) is 0 Å². The highest BCUT2D eigenvalue weighted by Gasteiger charge is 2.34. The van der Waals surface area contributed by atoms with E-state index >= 15 is 0 Å². The molecule has 0 aromatic rings. The molecule has 13 heavy (non-hydrogen) atoms. The van der Waals surface area contributed by atoms with Crippen LogP contribution in [0.1, 0.15) is 47.0 Å². The number of hydrogen-bond acceptors (Lipinski definition) is 2. The lowest BCUT2D eigenvalue weighted by molar-refractivity contribution is -0.113. The molecule has 0 fully saturated rings. The van der Waals surface area contributed by atoms with E-state index in [1.54, 1.807) is 7.11 Å². The molecule has 0 aromatic carbocycles. The summed E-state index contributed by atoms with van der Waals surface area (Å²) in [5, 5.41) is 10.0. The summed E-state index contributed by atoms with van der Waals surface area (Å²) in [5.41, 5.74) is -0.329. The summed E-state index contributed by atoms with van der Waals surface area (Å²) in [4.78, 5) is 0. The Morgan fingerprint density at radius 2 is 1.69 bits per heavy atom. The first-order valence-electron chi connectivity index (χ1n) is 5.25. The van der Waals surface area contributed by atoms with Gasteiger partial charge in [-0.2, -0.15) is 0 Å². The lowest BCUT2D eigenvalue weighted by atomic mass is 9.86. The van der Waals surface area contributed by atoms with Crippen molar-refractivity contribution in [3.8, 4) is 0 Å². The molecule has 0 aliphatic heterocycles. The molecule has 0 aromatic heterocycles. The molecule has 0 bridgehead atoms. The molecule has 2 nitrogen and oxygen atoms in total. The number of methoxy groups -OCH3 is 1. The van der Waals surface area contributed by atoms with E-state index in [0.717, 1.165) is 19.3 Å². The second-order valence-corrected chi connectivity index (χ2v) is 4.12. The standard InChI is InChI=1S/C11H24O2/c1-6-11(7-2,13-5)10(12)8-9(3)4/h9-10,12H,6-8H2,1-5H3. The molecular weight excluding hydrogens is 164 g/mol. The van der Waals surface area contributed by atoms with Gasteiger partial charge < -0.3 is 9.84 Å². The molecule has 1 unspecified atom stereocenters. The molecule has 1 atom stereocenters. The quantitative estimate of drug-likeness (QED) is 0.694. The van der Waals surface area contributed by atoms with Crippen molar-refractivity contribution in [1.29, 1.82) is 0 Å². The van der Waals surface area contributed by atoms with Gasteiger partial charge in [-0.1, -0.05) is 27.7 Å². The Balaban J connectivity index is 4.34. The molecule has 1 N–H and O–H groups in total. The molecule has 0 saturated carbocycles. The highest BCUT2D eigenvalue weighted by Crippen LogP contribution is 2.27. The molecule has 0 aliphatic carbocycles. The van der Waals surface area contributed by atoms with Crippen LogP contribution in [-0.2, 0) is 4.74 Å². The molecular formula is C11H24O2. The summed E-state index contributed by atoms with van der Waals surface area (Å²) in [6, 6.07) is 0. The summed E-state index contributed by atoms with van der Waals surface area (Å²) >= 11 is 0. The minimum absolute atomic E-state index is 0.329. The first-order chi connectivity index (χ1) is 6.02. The van der Waals surface area contributed by atoms with E-state index < -0.39 is 0 Å². The van der Waals surface area contributed by atoms with Crippen molar-refractivity contribution in [2.75, 3.05) is 7.11 Å². The summed E-state index contributed by atoms with van der Waals surface area (Å²) in [5.74, 6) is 0.516. The molecule has 0 spiro atoms.